The number of hydrogen-bond acceptors (Lipinski definition) is 5. The molecule has 0 aromatic heterocycles. The summed E-state index contributed by atoms with van der Waals surface area (Å²) in [6.45, 7) is 2.41. The van der Waals surface area contributed by atoms with E-state index in [0.29, 0.717) is 11.5 Å². The largest absolute Gasteiger partial charge is 0.454 e. The van der Waals surface area contributed by atoms with Crippen LogP contribution in [-0.2, 0) is 10.0 Å². The molecule has 0 radical (unpaired) electrons. The number of hydrogen-bond donors (Lipinski definition) is 1. The lowest BCUT2D eigenvalue weighted by molar-refractivity contribution is 0.174. The maximum Gasteiger partial charge on any atom is 0.240 e. The van der Waals surface area contributed by atoms with Crippen molar-refractivity contribution < 1.29 is 17.9 Å². The molecule has 134 valence electrons. The molecule has 7 heteroatoms. The van der Waals surface area contributed by atoms with Gasteiger partial charge >= 0.3 is 0 Å². The second kappa shape index (κ2) is 7.03. The molecule has 2 aromatic carbocycles. The molecule has 2 aromatic rings. The van der Waals surface area contributed by atoms with Crippen molar-refractivity contribution in [3.8, 4) is 11.5 Å². The molecule has 0 amide bonds. The van der Waals surface area contributed by atoms with Crippen molar-refractivity contribution >= 4 is 10.0 Å². The number of aryl methyl sites for hydroxylation is 1. The normalized spacial score (nSPS) is 14.7. The highest BCUT2D eigenvalue weighted by Gasteiger charge is 2.22. The number of fused-ring (bicyclic) bond motifs is 1. The lowest BCUT2D eigenvalue weighted by atomic mass is 10.0. The lowest BCUT2D eigenvalue weighted by Gasteiger charge is -2.25. The first-order valence-corrected chi connectivity index (χ1v) is 9.47. The standard InChI is InChI=1S/C18H22N2O4S/c1-13-4-6-14(7-5-13)16(20(2)3)11-19-25(21,22)15-8-9-17-18(10-15)24-12-23-17/h4-10,16,19H,11-12H2,1-3H3. The van der Waals surface area contributed by atoms with E-state index in [1.165, 1.54) is 17.7 Å². The van der Waals surface area contributed by atoms with Crippen LogP contribution in [0.2, 0.25) is 0 Å². The monoisotopic (exact) mass is 362 g/mol. The summed E-state index contributed by atoms with van der Waals surface area (Å²) in [7, 11) is 0.221. The summed E-state index contributed by atoms with van der Waals surface area (Å²) in [4.78, 5) is 2.16. The van der Waals surface area contributed by atoms with E-state index >= 15 is 0 Å². The molecule has 0 bridgehead atoms. The Morgan fingerprint density at radius 2 is 1.76 bits per heavy atom. The fraction of sp³-hybridized carbons (Fsp3) is 0.333. The van der Waals surface area contributed by atoms with Crippen LogP contribution in [0.3, 0.4) is 0 Å². The number of rotatable bonds is 6. The van der Waals surface area contributed by atoms with Gasteiger partial charge in [0, 0.05) is 18.7 Å². The summed E-state index contributed by atoms with van der Waals surface area (Å²) < 4.78 is 38.4. The summed E-state index contributed by atoms with van der Waals surface area (Å²) in [6.07, 6.45) is 0. The Morgan fingerprint density at radius 3 is 2.44 bits per heavy atom. The van der Waals surface area contributed by atoms with E-state index in [1.54, 1.807) is 6.07 Å². The van der Waals surface area contributed by atoms with Gasteiger partial charge in [-0.3, -0.25) is 0 Å². The molecule has 1 heterocycles. The van der Waals surface area contributed by atoms with Crippen molar-refractivity contribution in [1.29, 1.82) is 0 Å². The maximum absolute atomic E-state index is 12.6. The van der Waals surface area contributed by atoms with E-state index in [9.17, 15) is 8.42 Å². The summed E-state index contributed by atoms with van der Waals surface area (Å²) in [5, 5.41) is 0. The third kappa shape index (κ3) is 3.95. The summed E-state index contributed by atoms with van der Waals surface area (Å²) in [6, 6.07) is 12.7. The van der Waals surface area contributed by atoms with Gasteiger partial charge in [-0.05, 0) is 38.7 Å². The number of likely N-dealkylation sites (N-methyl/N-ethyl adjacent to an activating group) is 1. The van der Waals surface area contributed by atoms with Crippen molar-refractivity contribution in [2.75, 3.05) is 27.4 Å². The highest BCUT2D eigenvalue weighted by Crippen LogP contribution is 2.33. The second-order valence-corrected chi connectivity index (χ2v) is 8.02. The maximum atomic E-state index is 12.6. The molecule has 25 heavy (non-hydrogen) atoms. The number of nitrogens with zero attached hydrogens (tertiary/aromatic N) is 1. The minimum absolute atomic E-state index is 0.0654. The Balaban J connectivity index is 1.76. The number of nitrogens with one attached hydrogen (secondary N) is 1. The van der Waals surface area contributed by atoms with Crippen LogP contribution in [0.1, 0.15) is 17.2 Å². The van der Waals surface area contributed by atoms with Gasteiger partial charge in [-0.15, -0.1) is 0 Å². The molecule has 0 spiro atoms. The van der Waals surface area contributed by atoms with Gasteiger partial charge in [0.25, 0.3) is 0 Å². The molecule has 1 N–H and O–H groups in total. The molecule has 1 unspecified atom stereocenters. The van der Waals surface area contributed by atoms with Gasteiger partial charge in [-0.25, -0.2) is 13.1 Å². The zero-order valence-electron chi connectivity index (χ0n) is 14.5. The third-order valence-electron chi connectivity index (χ3n) is 4.21. The average molecular weight is 362 g/mol. The molecule has 0 saturated heterocycles. The Labute approximate surface area is 148 Å². The molecule has 0 saturated carbocycles. The van der Waals surface area contributed by atoms with Crippen molar-refractivity contribution in [1.82, 2.24) is 9.62 Å². The molecule has 6 nitrogen and oxygen atoms in total. The van der Waals surface area contributed by atoms with Gasteiger partial charge < -0.3 is 14.4 Å². The fourth-order valence-corrected chi connectivity index (χ4v) is 3.76. The van der Waals surface area contributed by atoms with Crippen LogP contribution in [0.25, 0.3) is 0 Å². The molecule has 1 aliphatic rings. The van der Waals surface area contributed by atoms with Gasteiger partial charge in [0.2, 0.25) is 16.8 Å². The Hall–Kier alpha value is -2.09. The molecule has 0 fully saturated rings. The highest BCUT2D eigenvalue weighted by atomic mass is 32.2. The molecular formula is C18H22N2O4S. The first-order chi connectivity index (χ1) is 11.9. The first-order valence-electron chi connectivity index (χ1n) is 7.99. The molecule has 1 aliphatic heterocycles. The van der Waals surface area contributed by atoms with E-state index in [4.69, 9.17) is 9.47 Å². The minimum Gasteiger partial charge on any atom is -0.454 e. The topological polar surface area (TPSA) is 67.9 Å². The molecule has 0 aliphatic carbocycles. The van der Waals surface area contributed by atoms with E-state index < -0.39 is 10.0 Å². The van der Waals surface area contributed by atoms with E-state index in [0.717, 1.165) is 5.56 Å². The smallest absolute Gasteiger partial charge is 0.240 e. The predicted octanol–water partition coefficient (Wildman–Crippen LogP) is 2.30. The van der Waals surface area contributed by atoms with Crippen molar-refractivity contribution in [2.24, 2.45) is 0 Å². The Morgan fingerprint density at radius 1 is 1.08 bits per heavy atom. The van der Waals surface area contributed by atoms with Gasteiger partial charge in [0.15, 0.2) is 11.5 Å². The third-order valence-corrected chi connectivity index (χ3v) is 5.63. The Bertz CT molecular complexity index is 848. The average Bonchev–Trinajstić information content (AvgIpc) is 3.04. The number of ether oxygens (including phenoxy) is 2. The quantitative estimate of drug-likeness (QED) is 0.854. The highest BCUT2D eigenvalue weighted by molar-refractivity contribution is 7.89. The van der Waals surface area contributed by atoms with Crippen LogP contribution in [0.15, 0.2) is 47.4 Å². The van der Waals surface area contributed by atoms with Crippen molar-refractivity contribution in [3.05, 3.63) is 53.6 Å². The van der Waals surface area contributed by atoms with Crippen LogP contribution in [-0.4, -0.2) is 40.8 Å². The van der Waals surface area contributed by atoms with Gasteiger partial charge in [-0.2, -0.15) is 0 Å². The zero-order valence-corrected chi connectivity index (χ0v) is 15.3. The molecule has 1 atom stereocenters. The van der Waals surface area contributed by atoms with Crippen LogP contribution in [0.5, 0.6) is 11.5 Å². The molecular weight excluding hydrogens is 340 g/mol. The second-order valence-electron chi connectivity index (χ2n) is 6.26. The predicted molar refractivity (Wildman–Crippen MR) is 95.4 cm³/mol. The summed E-state index contributed by atoms with van der Waals surface area (Å²) in [5.74, 6) is 1.01. The van der Waals surface area contributed by atoms with E-state index in [1.807, 2.05) is 50.2 Å². The van der Waals surface area contributed by atoms with E-state index in [2.05, 4.69) is 4.72 Å². The van der Waals surface area contributed by atoms with Gasteiger partial charge in [0.1, 0.15) is 0 Å². The Kier molecular flexibility index (Phi) is 4.99. The lowest BCUT2D eigenvalue weighted by Crippen LogP contribution is -2.34. The molecule has 3 rings (SSSR count). The first kappa shape index (κ1) is 17.7. The zero-order chi connectivity index (χ0) is 18.0. The minimum atomic E-state index is -3.64. The van der Waals surface area contributed by atoms with Crippen LogP contribution in [0, 0.1) is 6.92 Å². The van der Waals surface area contributed by atoms with Crippen LogP contribution >= 0.6 is 0 Å². The summed E-state index contributed by atoms with van der Waals surface area (Å²) >= 11 is 0. The van der Waals surface area contributed by atoms with Crippen LogP contribution < -0.4 is 14.2 Å². The van der Waals surface area contributed by atoms with Gasteiger partial charge in [0.05, 0.1) is 4.90 Å². The van der Waals surface area contributed by atoms with Crippen molar-refractivity contribution in [2.45, 2.75) is 17.9 Å². The van der Waals surface area contributed by atoms with E-state index in [-0.39, 0.29) is 24.3 Å². The number of benzene rings is 2. The van der Waals surface area contributed by atoms with Crippen LogP contribution in [0.4, 0.5) is 0 Å². The SMILES string of the molecule is Cc1ccc(C(CNS(=O)(=O)c2ccc3c(c2)OCO3)N(C)C)cc1. The fourth-order valence-electron chi connectivity index (χ4n) is 2.70. The number of sulfonamides is 1. The summed E-state index contributed by atoms with van der Waals surface area (Å²) in [5.41, 5.74) is 2.23. The van der Waals surface area contributed by atoms with Crippen molar-refractivity contribution in [3.63, 3.8) is 0 Å². The van der Waals surface area contributed by atoms with Gasteiger partial charge in [-0.1, -0.05) is 29.8 Å².